The topological polar surface area (TPSA) is 93.5 Å². The van der Waals surface area contributed by atoms with Gasteiger partial charge in [-0.3, -0.25) is 9.59 Å². The standard InChI is InChI=1S/C21H27N3O3.ClH/c1-14(2)20(22)21(26)23-13-19(25)24-15(3)17-11-7-8-12-18(17)27-16-9-5-4-6-10-16;/h4-12,14-15,20H,13,22H2,1-3H3,(H,23,26)(H,24,25);1H/t15?,20-;/m0./s1. The molecule has 0 aliphatic heterocycles. The number of hydrogen-bond acceptors (Lipinski definition) is 4. The second-order valence-corrected chi connectivity index (χ2v) is 6.73. The number of benzene rings is 2. The van der Waals surface area contributed by atoms with Crippen molar-refractivity contribution in [2.24, 2.45) is 11.7 Å². The van der Waals surface area contributed by atoms with Crippen molar-refractivity contribution in [2.75, 3.05) is 6.54 Å². The van der Waals surface area contributed by atoms with Crippen molar-refractivity contribution in [1.82, 2.24) is 10.6 Å². The molecule has 0 aliphatic rings. The fourth-order valence-electron chi connectivity index (χ4n) is 2.50. The van der Waals surface area contributed by atoms with Crippen LogP contribution >= 0.6 is 12.4 Å². The van der Waals surface area contributed by atoms with E-state index in [1.807, 2.05) is 75.4 Å². The summed E-state index contributed by atoms with van der Waals surface area (Å²) in [5.41, 5.74) is 6.62. The van der Waals surface area contributed by atoms with Crippen molar-refractivity contribution in [3.05, 3.63) is 60.2 Å². The first kappa shape index (κ1) is 23.5. The second-order valence-electron chi connectivity index (χ2n) is 6.73. The Morgan fingerprint density at radius 2 is 1.61 bits per heavy atom. The molecule has 2 aromatic carbocycles. The first-order valence-corrected chi connectivity index (χ1v) is 9.03. The number of ether oxygens (including phenoxy) is 1. The lowest BCUT2D eigenvalue weighted by Crippen LogP contribution is -2.47. The molecule has 28 heavy (non-hydrogen) atoms. The number of rotatable bonds is 8. The molecule has 2 amide bonds. The van der Waals surface area contributed by atoms with E-state index in [9.17, 15) is 9.59 Å². The molecular weight excluding hydrogens is 378 g/mol. The molecule has 2 aromatic rings. The van der Waals surface area contributed by atoms with Crippen LogP contribution in [0.5, 0.6) is 11.5 Å². The highest BCUT2D eigenvalue weighted by Crippen LogP contribution is 2.29. The molecule has 0 saturated carbocycles. The summed E-state index contributed by atoms with van der Waals surface area (Å²) in [7, 11) is 0. The van der Waals surface area contributed by atoms with Crippen molar-refractivity contribution in [3.63, 3.8) is 0 Å². The van der Waals surface area contributed by atoms with Gasteiger partial charge >= 0.3 is 0 Å². The Morgan fingerprint density at radius 1 is 1.00 bits per heavy atom. The van der Waals surface area contributed by atoms with E-state index >= 15 is 0 Å². The summed E-state index contributed by atoms with van der Waals surface area (Å²) >= 11 is 0. The molecule has 2 atom stereocenters. The quantitative estimate of drug-likeness (QED) is 0.628. The van der Waals surface area contributed by atoms with Gasteiger partial charge in [0, 0.05) is 5.56 Å². The van der Waals surface area contributed by atoms with Crippen molar-refractivity contribution in [1.29, 1.82) is 0 Å². The average Bonchev–Trinajstić information content (AvgIpc) is 2.66. The smallest absolute Gasteiger partial charge is 0.239 e. The van der Waals surface area contributed by atoms with Crippen LogP contribution in [0.25, 0.3) is 0 Å². The van der Waals surface area contributed by atoms with Crippen LogP contribution in [0.1, 0.15) is 32.4 Å². The maximum atomic E-state index is 12.2. The number of para-hydroxylation sites is 2. The summed E-state index contributed by atoms with van der Waals surface area (Å²) in [6.07, 6.45) is 0. The van der Waals surface area contributed by atoms with Crippen LogP contribution < -0.4 is 21.1 Å². The van der Waals surface area contributed by atoms with Crippen LogP contribution in [0, 0.1) is 5.92 Å². The SMILES string of the molecule is CC(NC(=O)CNC(=O)[C@@H](N)C(C)C)c1ccccc1Oc1ccccc1.Cl. The van der Waals surface area contributed by atoms with E-state index < -0.39 is 6.04 Å². The third-order valence-electron chi connectivity index (χ3n) is 4.18. The Bertz CT molecular complexity index is 769. The monoisotopic (exact) mass is 405 g/mol. The van der Waals surface area contributed by atoms with Crippen molar-refractivity contribution < 1.29 is 14.3 Å². The zero-order valence-electron chi connectivity index (χ0n) is 16.3. The lowest BCUT2D eigenvalue weighted by molar-refractivity contribution is -0.127. The number of nitrogens with one attached hydrogen (secondary N) is 2. The van der Waals surface area contributed by atoms with Gasteiger partial charge in [0.05, 0.1) is 18.6 Å². The average molecular weight is 406 g/mol. The van der Waals surface area contributed by atoms with Gasteiger partial charge < -0.3 is 21.1 Å². The summed E-state index contributed by atoms with van der Waals surface area (Å²) in [5.74, 6) is 0.775. The first-order valence-electron chi connectivity index (χ1n) is 9.03. The molecule has 0 heterocycles. The summed E-state index contributed by atoms with van der Waals surface area (Å²) in [6.45, 7) is 5.46. The number of nitrogens with two attached hydrogens (primary N) is 1. The minimum absolute atomic E-state index is 0. The van der Waals surface area contributed by atoms with Crippen LogP contribution in [-0.4, -0.2) is 24.4 Å². The van der Waals surface area contributed by atoms with Gasteiger partial charge in [-0.1, -0.05) is 50.2 Å². The molecule has 1 unspecified atom stereocenters. The molecule has 4 N–H and O–H groups in total. The number of halogens is 1. The third kappa shape index (κ3) is 6.87. The molecule has 7 heteroatoms. The lowest BCUT2D eigenvalue weighted by atomic mass is 10.1. The summed E-state index contributed by atoms with van der Waals surface area (Å²) < 4.78 is 5.93. The van der Waals surface area contributed by atoms with E-state index in [0.29, 0.717) is 5.75 Å². The highest BCUT2D eigenvalue weighted by atomic mass is 35.5. The second kappa shape index (κ2) is 11.3. The van der Waals surface area contributed by atoms with Gasteiger partial charge in [-0.25, -0.2) is 0 Å². The molecule has 2 rings (SSSR count). The van der Waals surface area contributed by atoms with Gasteiger partial charge in [-0.15, -0.1) is 12.4 Å². The van der Waals surface area contributed by atoms with Crippen LogP contribution in [0.2, 0.25) is 0 Å². The molecule has 6 nitrogen and oxygen atoms in total. The van der Waals surface area contributed by atoms with E-state index in [1.165, 1.54) is 0 Å². The van der Waals surface area contributed by atoms with Crippen molar-refractivity contribution >= 4 is 24.2 Å². The number of amides is 2. The van der Waals surface area contributed by atoms with Gasteiger partial charge in [-0.2, -0.15) is 0 Å². The molecule has 0 saturated heterocycles. The van der Waals surface area contributed by atoms with E-state index in [-0.39, 0.29) is 42.7 Å². The minimum Gasteiger partial charge on any atom is -0.457 e. The highest BCUT2D eigenvalue weighted by Gasteiger charge is 2.19. The minimum atomic E-state index is -0.629. The Morgan fingerprint density at radius 3 is 2.25 bits per heavy atom. The summed E-state index contributed by atoms with van der Waals surface area (Å²) in [5, 5.41) is 5.44. The maximum absolute atomic E-state index is 12.2. The van der Waals surface area contributed by atoms with Gasteiger partial charge in [-0.05, 0) is 31.0 Å². The van der Waals surface area contributed by atoms with Gasteiger partial charge in [0.2, 0.25) is 11.8 Å². The van der Waals surface area contributed by atoms with Crippen LogP contribution in [0.4, 0.5) is 0 Å². The Kier molecular flexibility index (Phi) is 9.48. The molecule has 0 bridgehead atoms. The van der Waals surface area contributed by atoms with Gasteiger partial charge in [0.25, 0.3) is 0 Å². The molecule has 0 fully saturated rings. The highest BCUT2D eigenvalue weighted by molar-refractivity contribution is 5.87. The fraction of sp³-hybridized carbons (Fsp3) is 0.333. The molecule has 0 aromatic heterocycles. The van der Waals surface area contributed by atoms with Crippen LogP contribution in [-0.2, 0) is 9.59 Å². The van der Waals surface area contributed by atoms with Crippen LogP contribution in [0.15, 0.2) is 54.6 Å². The molecule has 152 valence electrons. The Labute approximate surface area is 172 Å². The van der Waals surface area contributed by atoms with Crippen LogP contribution in [0.3, 0.4) is 0 Å². The maximum Gasteiger partial charge on any atom is 0.239 e. The normalized spacial score (nSPS) is 12.5. The van der Waals surface area contributed by atoms with E-state index in [4.69, 9.17) is 10.5 Å². The summed E-state index contributed by atoms with van der Waals surface area (Å²) in [6, 6.07) is 16.1. The number of hydrogen-bond donors (Lipinski definition) is 3. The summed E-state index contributed by atoms with van der Waals surface area (Å²) in [4.78, 5) is 24.1. The molecule has 0 spiro atoms. The largest absolute Gasteiger partial charge is 0.457 e. The Balaban J connectivity index is 0.00000392. The fourth-order valence-corrected chi connectivity index (χ4v) is 2.50. The Hall–Kier alpha value is -2.57. The van der Waals surface area contributed by atoms with Gasteiger partial charge in [0.15, 0.2) is 0 Å². The van der Waals surface area contributed by atoms with E-state index in [0.717, 1.165) is 11.3 Å². The predicted octanol–water partition coefficient (Wildman–Crippen LogP) is 3.18. The zero-order valence-corrected chi connectivity index (χ0v) is 17.2. The zero-order chi connectivity index (χ0) is 19.8. The van der Waals surface area contributed by atoms with Crippen molar-refractivity contribution in [3.8, 4) is 11.5 Å². The predicted molar refractivity (Wildman–Crippen MR) is 113 cm³/mol. The third-order valence-corrected chi connectivity index (χ3v) is 4.18. The first-order chi connectivity index (χ1) is 12.9. The number of carbonyl (C=O) groups is 2. The van der Waals surface area contributed by atoms with Gasteiger partial charge in [0.1, 0.15) is 11.5 Å². The number of carbonyl (C=O) groups excluding carboxylic acids is 2. The lowest BCUT2D eigenvalue weighted by Gasteiger charge is -2.19. The van der Waals surface area contributed by atoms with E-state index in [2.05, 4.69) is 10.6 Å². The van der Waals surface area contributed by atoms with Crippen molar-refractivity contribution in [2.45, 2.75) is 32.9 Å². The molecular formula is C21H28ClN3O3. The van der Waals surface area contributed by atoms with E-state index in [1.54, 1.807) is 0 Å². The molecule has 0 radical (unpaired) electrons. The molecule has 0 aliphatic carbocycles.